The van der Waals surface area contributed by atoms with Gasteiger partial charge in [-0.2, -0.15) is 0 Å². The zero-order valence-electron chi connectivity index (χ0n) is 6.15. The number of primary amides is 1. The maximum atomic E-state index is 10.3. The summed E-state index contributed by atoms with van der Waals surface area (Å²) in [5.41, 5.74) is 4.79. The summed E-state index contributed by atoms with van der Waals surface area (Å²) in [4.78, 5) is 24.1. The molecule has 0 aromatic rings. The average molecular weight is 158 g/mol. The Balaban J connectivity index is 4.11. The van der Waals surface area contributed by atoms with E-state index in [1.165, 1.54) is 6.21 Å². The van der Waals surface area contributed by atoms with Crippen molar-refractivity contribution in [2.24, 2.45) is 10.7 Å². The second kappa shape index (κ2) is 4.43. The van der Waals surface area contributed by atoms with E-state index in [0.29, 0.717) is 0 Å². The predicted octanol–water partition coefficient (Wildman–Crippen LogP) is -0.594. The number of nitrogens with two attached hydrogens (primary N) is 1. The molecule has 1 amide bonds. The molecular weight excluding hydrogens is 148 g/mol. The molecule has 5 heteroatoms. The molecule has 11 heavy (non-hydrogen) atoms. The summed E-state index contributed by atoms with van der Waals surface area (Å²) >= 11 is 0. The molecule has 0 unspecified atom stereocenters. The van der Waals surface area contributed by atoms with Crippen molar-refractivity contribution in [3.63, 3.8) is 0 Å². The highest BCUT2D eigenvalue weighted by Crippen LogP contribution is 1.96. The quantitative estimate of drug-likeness (QED) is 0.535. The Hall–Kier alpha value is -1.39. The van der Waals surface area contributed by atoms with Crippen molar-refractivity contribution in [3.8, 4) is 0 Å². The number of aliphatic carboxylic acids is 1. The first-order valence-corrected chi connectivity index (χ1v) is 3.06. The Morgan fingerprint density at radius 3 is 2.55 bits per heavy atom. The fourth-order valence-electron chi connectivity index (χ4n) is 0.574. The van der Waals surface area contributed by atoms with Crippen LogP contribution in [0.1, 0.15) is 13.3 Å². The summed E-state index contributed by atoms with van der Waals surface area (Å²) in [6.07, 6.45) is 1.08. The Morgan fingerprint density at radius 2 is 2.27 bits per heavy atom. The maximum Gasteiger partial charge on any atom is 0.328 e. The number of hydrogen-bond donors (Lipinski definition) is 2. The first-order valence-electron chi connectivity index (χ1n) is 3.06. The van der Waals surface area contributed by atoms with Gasteiger partial charge >= 0.3 is 5.97 Å². The first-order chi connectivity index (χ1) is 5.07. The number of aliphatic imine (C=N–C) groups is 1. The van der Waals surface area contributed by atoms with Crippen molar-refractivity contribution in [2.45, 2.75) is 19.4 Å². The molecule has 0 fully saturated rings. The second-order valence-corrected chi connectivity index (χ2v) is 1.93. The summed E-state index contributed by atoms with van der Waals surface area (Å²) in [6.45, 7) is 1.58. The van der Waals surface area contributed by atoms with Gasteiger partial charge in [-0.1, -0.05) is 0 Å². The first kappa shape index (κ1) is 9.61. The molecule has 1 atom stereocenters. The van der Waals surface area contributed by atoms with E-state index in [4.69, 9.17) is 10.8 Å². The molecule has 0 bridgehead atoms. The molecule has 0 aromatic heterocycles. The van der Waals surface area contributed by atoms with Gasteiger partial charge in [-0.05, 0) is 13.1 Å². The minimum absolute atomic E-state index is 0.250. The van der Waals surface area contributed by atoms with Crippen LogP contribution in [0.25, 0.3) is 0 Å². The van der Waals surface area contributed by atoms with Crippen LogP contribution in [-0.4, -0.2) is 29.2 Å². The van der Waals surface area contributed by atoms with Gasteiger partial charge in [0.25, 0.3) is 0 Å². The van der Waals surface area contributed by atoms with Crippen molar-refractivity contribution in [3.05, 3.63) is 0 Å². The predicted molar refractivity (Wildman–Crippen MR) is 39.4 cm³/mol. The third-order valence-corrected chi connectivity index (χ3v) is 1.01. The van der Waals surface area contributed by atoms with Gasteiger partial charge in [-0.3, -0.25) is 9.79 Å². The van der Waals surface area contributed by atoms with Gasteiger partial charge in [0, 0.05) is 0 Å². The number of hydrogen-bond acceptors (Lipinski definition) is 3. The Labute approximate surface area is 63.9 Å². The molecule has 0 spiro atoms. The number of carboxylic acids is 1. The number of rotatable bonds is 4. The summed E-state index contributed by atoms with van der Waals surface area (Å²) in [5, 5.41) is 8.43. The zero-order valence-corrected chi connectivity index (χ0v) is 6.15. The second-order valence-electron chi connectivity index (χ2n) is 1.93. The molecule has 3 N–H and O–H groups in total. The lowest BCUT2D eigenvalue weighted by atomic mass is 10.2. The van der Waals surface area contributed by atoms with Gasteiger partial charge < -0.3 is 10.8 Å². The monoisotopic (exact) mass is 158 g/mol. The molecule has 0 saturated heterocycles. The molecular formula is C6H10N2O3. The summed E-state index contributed by atoms with van der Waals surface area (Å²) in [5.74, 6) is -1.80. The molecule has 0 aliphatic carbocycles. The SMILES string of the molecule is CC=N[C@@H](CC(N)=O)C(=O)O. The smallest absolute Gasteiger partial charge is 0.328 e. The van der Waals surface area contributed by atoms with Crippen LogP contribution in [0, 0.1) is 0 Å². The van der Waals surface area contributed by atoms with E-state index in [-0.39, 0.29) is 6.42 Å². The van der Waals surface area contributed by atoms with Crippen LogP contribution in [0.2, 0.25) is 0 Å². The molecule has 0 radical (unpaired) electrons. The number of carbonyl (C=O) groups excluding carboxylic acids is 1. The molecule has 0 rings (SSSR count). The Morgan fingerprint density at radius 1 is 1.73 bits per heavy atom. The lowest BCUT2D eigenvalue weighted by Crippen LogP contribution is -2.25. The minimum atomic E-state index is -1.14. The lowest BCUT2D eigenvalue weighted by molar-refractivity contribution is -0.140. The third kappa shape index (κ3) is 4.07. The normalized spacial score (nSPS) is 13.2. The maximum absolute atomic E-state index is 10.3. The molecule has 0 aromatic carbocycles. The number of nitrogens with zero attached hydrogens (tertiary/aromatic N) is 1. The topological polar surface area (TPSA) is 92.8 Å². The van der Waals surface area contributed by atoms with E-state index in [2.05, 4.69) is 4.99 Å². The van der Waals surface area contributed by atoms with Crippen LogP contribution < -0.4 is 5.73 Å². The highest BCUT2D eigenvalue weighted by atomic mass is 16.4. The molecule has 62 valence electrons. The van der Waals surface area contributed by atoms with Gasteiger partial charge in [0.1, 0.15) is 0 Å². The van der Waals surface area contributed by atoms with Crippen LogP contribution in [0.5, 0.6) is 0 Å². The van der Waals surface area contributed by atoms with Gasteiger partial charge in [-0.25, -0.2) is 4.79 Å². The molecule has 0 aliphatic rings. The van der Waals surface area contributed by atoms with Gasteiger partial charge in [-0.15, -0.1) is 0 Å². The summed E-state index contributed by atoms with van der Waals surface area (Å²) in [6, 6.07) is -1.03. The van der Waals surface area contributed by atoms with E-state index < -0.39 is 17.9 Å². The molecule has 0 aliphatic heterocycles. The number of carboxylic acid groups (broad SMARTS) is 1. The molecule has 5 nitrogen and oxygen atoms in total. The largest absolute Gasteiger partial charge is 0.480 e. The molecule has 0 heterocycles. The van der Waals surface area contributed by atoms with E-state index in [9.17, 15) is 9.59 Å². The average Bonchev–Trinajstić information content (AvgIpc) is 1.86. The van der Waals surface area contributed by atoms with Crippen molar-refractivity contribution in [2.75, 3.05) is 0 Å². The Kier molecular flexibility index (Phi) is 3.87. The van der Waals surface area contributed by atoms with Crippen LogP contribution >= 0.6 is 0 Å². The van der Waals surface area contributed by atoms with Crippen molar-refractivity contribution < 1.29 is 14.7 Å². The fourth-order valence-corrected chi connectivity index (χ4v) is 0.574. The highest BCUT2D eigenvalue weighted by Gasteiger charge is 2.17. The molecule has 0 saturated carbocycles. The summed E-state index contributed by atoms with van der Waals surface area (Å²) < 4.78 is 0. The van der Waals surface area contributed by atoms with E-state index in [0.717, 1.165) is 0 Å². The van der Waals surface area contributed by atoms with Crippen molar-refractivity contribution in [1.82, 2.24) is 0 Å². The zero-order chi connectivity index (χ0) is 8.85. The minimum Gasteiger partial charge on any atom is -0.480 e. The van der Waals surface area contributed by atoms with E-state index >= 15 is 0 Å². The van der Waals surface area contributed by atoms with Crippen LogP contribution in [-0.2, 0) is 9.59 Å². The standard InChI is InChI=1S/C6H10N2O3/c1-2-8-4(6(10)11)3-5(7)9/h2,4H,3H2,1H3,(H2,7,9)(H,10,11)/t4-/m0/s1. The van der Waals surface area contributed by atoms with E-state index in [1.54, 1.807) is 6.92 Å². The third-order valence-electron chi connectivity index (χ3n) is 1.01. The van der Waals surface area contributed by atoms with Gasteiger partial charge in [0.2, 0.25) is 5.91 Å². The number of carbonyl (C=O) groups is 2. The van der Waals surface area contributed by atoms with Gasteiger partial charge in [0.15, 0.2) is 6.04 Å². The van der Waals surface area contributed by atoms with Crippen molar-refractivity contribution in [1.29, 1.82) is 0 Å². The van der Waals surface area contributed by atoms with Crippen LogP contribution in [0.3, 0.4) is 0 Å². The summed E-state index contributed by atoms with van der Waals surface area (Å²) in [7, 11) is 0. The van der Waals surface area contributed by atoms with Crippen molar-refractivity contribution >= 4 is 18.1 Å². The highest BCUT2D eigenvalue weighted by molar-refractivity contribution is 5.84. The van der Waals surface area contributed by atoms with Crippen LogP contribution in [0.4, 0.5) is 0 Å². The fraction of sp³-hybridized carbons (Fsp3) is 0.500. The number of amides is 1. The lowest BCUT2D eigenvalue weighted by Gasteiger charge is -2.02. The van der Waals surface area contributed by atoms with Crippen LogP contribution in [0.15, 0.2) is 4.99 Å². The van der Waals surface area contributed by atoms with E-state index in [1.807, 2.05) is 0 Å². The Bertz CT molecular complexity index is 188. The van der Waals surface area contributed by atoms with Gasteiger partial charge in [0.05, 0.1) is 6.42 Å².